The highest BCUT2D eigenvalue weighted by atomic mass is 16.6. The molecule has 14 heavy (non-hydrogen) atoms. The fraction of sp³-hybridized carbons (Fsp3) is 0.545. The van der Waals surface area contributed by atoms with Crippen LogP contribution in [0, 0.1) is 6.92 Å². The van der Waals surface area contributed by atoms with Crippen LogP contribution in [-0.2, 0) is 4.84 Å². The Balaban J connectivity index is 1.92. The highest BCUT2D eigenvalue weighted by Crippen LogP contribution is 2.25. The minimum atomic E-state index is 0.232. The molecule has 2 heterocycles. The summed E-state index contributed by atoms with van der Waals surface area (Å²) in [5, 5.41) is 3.76. The van der Waals surface area contributed by atoms with Gasteiger partial charge < -0.3 is 9.25 Å². The minimum Gasteiger partial charge on any atom is -0.466 e. The van der Waals surface area contributed by atoms with Crippen LogP contribution in [0.25, 0.3) is 0 Å². The summed E-state index contributed by atoms with van der Waals surface area (Å²) in [5.41, 5.74) is 0. The highest BCUT2D eigenvalue weighted by Gasteiger charge is 2.19. The number of furan rings is 1. The zero-order valence-corrected chi connectivity index (χ0v) is 8.56. The Bertz CT molecular complexity index is 322. The van der Waals surface area contributed by atoms with Crippen molar-refractivity contribution in [1.82, 2.24) is 0 Å². The van der Waals surface area contributed by atoms with Gasteiger partial charge in [-0.25, -0.2) is 0 Å². The molecule has 0 bridgehead atoms. The van der Waals surface area contributed by atoms with Gasteiger partial charge in [-0.1, -0.05) is 12.1 Å². The number of rotatable bonds is 3. The Morgan fingerprint density at radius 3 is 3.00 bits per heavy atom. The van der Waals surface area contributed by atoms with Gasteiger partial charge in [0.25, 0.3) is 0 Å². The molecule has 0 fully saturated rings. The predicted octanol–water partition coefficient (Wildman–Crippen LogP) is 2.86. The lowest BCUT2D eigenvalue weighted by Gasteiger charge is -2.12. The standard InChI is InChI=1S/C11H15NO2/c1-8(7-10-5-6-12-14-10)11-4-3-9(2)13-11/h3-4,6,8,10H,5,7H2,1-2H3. The molecule has 0 N–H and O–H groups in total. The van der Waals surface area contributed by atoms with E-state index in [9.17, 15) is 0 Å². The summed E-state index contributed by atoms with van der Waals surface area (Å²) in [6.45, 7) is 4.12. The molecule has 0 spiro atoms. The minimum absolute atomic E-state index is 0.232. The SMILES string of the molecule is Cc1ccc(C(C)CC2CC=NO2)o1. The van der Waals surface area contributed by atoms with Gasteiger partial charge in [0, 0.05) is 18.6 Å². The van der Waals surface area contributed by atoms with E-state index >= 15 is 0 Å². The van der Waals surface area contributed by atoms with Crippen molar-refractivity contribution in [3.63, 3.8) is 0 Å². The summed E-state index contributed by atoms with van der Waals surface area (Å²) in [4.78, 5) is 5.18. The zero-order chi connectivity index (χ0) is 9.97. The lowest BCUT2D eigenvalue weighted by Crippen LogP contribution is -2.09. The molecule has 0 aromatic carbocycles. The molecule has 0 amide bonds. The van der Waals surface area contributed by atoms with Crippen LogP contribution in [0.3, 0.4) is 0 Å². The Kier molecular flexibility index (Phi) is 2.57. The van der Waals surface area contributed by atoms with Crippen molar-refractivity contribution in [2.45, 2.75) is 38.7 Å². The summed E-state index contributed by atoms with van der Waals surface area (Å²) in [7, 11) is 0. The van der Waals surface area contributed by atoms with Crippen LogP contribution in [0.5, 0.6) is 0 Å². The molecule has 1 aliphatic heterocycles. The molecular formula is C11H15NO2. The molecule has 2 unspecified atom stereocenters. The quantitative estimate of drug-likeness (QED) is 0.739. The summed E-state index contributed by atoms with van der Waals surface area (Å²) in [5.74, 6) is 2.41. The molecular weight excluding hydrogens is 178 g/mol. The van der Waals surface area contributed by atoms with Gasteiger partial charge in [0.2, 0.25) is 0 Å². The topological polar surface area (TPSA) is 34.7 Å². The van der Waals surface area contributed by atoms with Crippen molar-refractivity contribution in [2.75, 3.05) is 0 Å². The van der Waals surface area contributed by atoms with Gasteiger partial charge in [0.1, 0.15) is 17.6 Å². The molecule has 2 rings (SSSR count). The van der Waals surface area contributed by atoms with Crippen molar-refractivity contribution in [3.8, 4) is 0 Å². The van der Waals surface area contributed by atoms with Gasteiger partial charge in [-0.15, -0.1) is 0 Å². The third kappa shape index (κ3) is 1.97. The smallest absolute Gasteiger partial charge is 0.133 e. The van der Waals surface area contributed by atoms with Gasteiger partial charge >= 0.3 is 0 Å². The van der Waals surface area contributed by atoms with Crippen LogP contribution in [0.2, 0.25) is 0 Å². The Morgan fingerprint density at radius 1 is 1.57 bits per heavy atom. The van der Waals surface area contributed by atoms with Gasteiger partial charge in [-0.2, -0.15) is 0 Å². The zero-order valence-electron chi connectivity index (χ0n) is 8.56. The molecule has 0 saturated heterocycles. The van der Waals surface area contributed by atoms with E-state index in [0.29, 0.717) is 5.92 Å². The summed E-state index contributed by atoms with van der Waals surface area (Å²) in [6, 6.07) is 4.04. The largest absolute Gasteiger partial charge is 0.466 e. The van der Waals surface area contributed by atoms with Crippen LogP contribution in [0.15, 0.2) is 21.7 Å². The maximum atomic E-state index is 5.56. The van der Waals surface area contributed by atoms with Gasteiger partial charge in [-0.3, -0.25) is 0 Å². The Labute approximate surface area is 83.7 Å². The van der Waals surface area contributed by atoms with Crippen molar-refractivity contribution >= 4 is 6.21 Å². The van der Waals surface area contributed by atoms with E-state index in [1.54, 1.807) is 0 Å². The maximum absolute atomic E-state index is 5.56. The first-order valence-corrected chi connectivity index (χ1v) is 4.99. The number of oxime groups is 1. The third-order valence-electron chi connectivity index (χ3n) is 2.52. The van der Waals surface area contributed by atoms with Gasteiger partial charge in [0.15, 0.2) is 0 Å². The van der Waals surface area contributed by atoms with E-state index in [4.69, 9.17) is 9.25 Å². The average Bonchev–Trinajstić information content (AvgIpc) is 2.75. The van der Waals surface area contributed by atoms with E-state index in [2.05, 4.69) is 12.1 Å². The monoisotopic (exact) mass is 193 g/mol. The normalized spacial score (nSPS) is 22.3. The average molecular weight is 193 g/mol. The molecule has 1 aromatic heterocycles. The lowest BCUT2D eigenvalue weighted by atomic mass is 10.00. The van der Waals surface area contributed by atoms with Crippen molar-refractivity contribution in [1.29, 1.82) is 0 Å². The molecule has 1 aliphatic rings. The number of aryl methyl sites for hydroxylation is 1. The molecule has 2 atom stereocenters. The molecule has 76 valence electrons. The predicted molar refractivity (Wildman–Crippen MR) is 54.5 cm³/mol. The summed E-state index contributed by atoms with van der Waals surface area (Å²) < 4.78 is 5.56. The van der Waals surface area contributed by atoms with Crippen LogP contribution in [0.1, 0.15) is 37.2 Å². The second-order valence-corrected chi connectivity index (χ2v) is 3.84. The van der Waals surface area contributed by atoms with Crippen molar-refractivity contribution < 1.29 is 9.25 Å². The van der Waals surface area contributed by atoms with Gasteiger partial charge in [0.05, 0.1) is 0 Å². The first-order chi connectivity index (χ1) is 6.75. The summed E-state index contributed by atoms with van der Waals surface area (Å²) in [6.07, 6.45) is 3.94. The highest BCUT2D eigenvalue weighted by molar-refractivity contribution is 5.58. The summed E-state index contributed by atoms with van der Waals surface area (Å²) >= 11 is 0. The molecule has 0 saturated carbocycles. The van der Waals surface area contributed by atoms with E-state index in [-0.39, 0.29) is 6.10 Å². The van der Waals surface area contributed by atoms with Crippen LogP contribution < -0.4 is 0 Å². The van der Waals surface area contributed by atoms with E-state index in [0.717, 1.165) is 24.4 Å². The molecule has 3 nitrogen and oxygen atoms in total. The van der Waals surface area contributed by atoms with Crippen molar-refractivity contribution in [3.05, 3.63) is 23.7 Å². The molecule has 1 aromatic rings. The number of nitrogens with zero attached hydrogens (tertiary/aromatic N) is 1. The molecule has 0 radical (unpaired) electrons. The number of hydrogen-bond donors (Lipinski definition) is 0. The van der Waals surface area contributed by atoms with E-state index in [1.807, 2.05) is 25.3 Å². The Morgan fingerprint density at radius 2 is 2.43 bits per heavy atom. The maximum Gasteiger partial charge on any atom is 0.133 e. The van der Waals surface area contributed by atoms with Crippen LogP contribution in [-0.4, -0.2) is 12.3 Å². The second-order valence-electron chi connectivity index (χ2n) is 3.84. The number of hydrogen-bond acceptors (Lipinski definition) is 3. The van der Waals surface area contributed by atoms with Crippen LogP contribution in [0.4, 0.5) is 0 Å². The van der Waals surface area contributed by atoms with E-state index in [1.165, 1.54) is 0 Å². The van der Waals surface area contributed by atoms with Gasteiger partial charge in [-0.05, 0) is 25.5 Å². The lowest BCUT2D eigenvalue weighted by molar-refractivity contribution is 0.0730. The van der Waals surface area contributed by atoms with Crippen molar-refractivity contribution in [2.24, 2.45) is 5.16 Å². The van der Waals surface area contributed by atoms with Crippen LogP contribution >= 0.6 is 0 Å². The first kappa shape index (κ1) is 9.31. The fourth-order valence-corrected chi connectivity index (χ4v) is 1.70. The van der Waals surface area contributed by atoms with E-state index < -0.39 is 0 Å². The third-order valence-corrected chi connectivity index (χ3v) is 2.52. The molecule has 0 aliphatic carbocycles. The Hall–Kier alpha value is -1.25. The fourth-order valence-electron chi connectivity index (χ4n) is 1.70. The first-order valence-electron chi connectivity index (χ1n) is 4.99. The second kappa shape index (κ2) is 3.86. The molecule has 3 heteroatoms.